The van der Waals surface area contributed by atoms with Crippen molar-refractivity contribution in [1.82, 2.24) is 4.90 Å². The van der Waals surface area contributed by atoms with Crippen LogP contribution >= 0.6 is 0 Å². The normalized spacial score (nSPS) is 22.4. The minimum Gasteiger partial charge on any atom is -0.494 e. The number of benzene rings is 3. The summed E-state index contributed by atoms with van der Waals surface area (Å²) in [5.41, 5.74) is 2.69. The molecule has 0 saturated heterocycles. The topological polar surface area (TPSA) is 80.8 Å². The molecule has 2 heterocycles. The van der Waals surface area contributed by atoms with Crippen molar-refractivity contribution in [3.63, 3.8) is 0 Å². The lowest BCUT2D eigenvalue weighted by Gasteiger charge is -2.41. The molecule has 6 nitrogen and oxygen atoms in total. The molecular weight excluding hydrogens is 570 g/mol. The van der Waals surface area contributed by atoms with Gasteiger partial charge in [-0.1, -0.05) is 95.0 Å². The van der Waals surface area contributed by atoms with Gasteiger partial charge < -0.3 is 4.74 Å². The van der Waals surface area contributed by atoms with Gasteiger partial charge >= 0.3 is 0 Å². The van der Waals surface area contributed by atoms with Gasteiger partial charge in [0.1, 0.15) is 5.75 Å². The van der Waals surface area contributed by atoms with Crippen LogP contribution in [-0.2, 0) is 9.84 Å². The van der Waals surface area contributed by atoms with Crippen molar-refractivity contribution in [3.05, 3.63) is 95.1 Å². The third kappa shape index (κ3) is 6.35. The van der Waals surface area contributed by atoms with Gasteiger partial charge in [-0.05, 0) is 72.4 Å². The molecular formula is C37H45NO5S. The Morgan fingerprint density at radius 3 is 2.16 bits per heavy atom. The van der Waals surface area contributed by atoms with E-state index in [1.165, 1.54) is 4.90 Å². The third-order valence-corrected chi connectivity index (χ3v) is 11.9. The zero-order valence-corrected chi connectivity index (χ0v) is 27.1. The van der Waals surface area contributed by atoms with Gasteiger partial charge in [0.2, 0.25) is 0 Å². The maximum atomic E-state index is 14.1. The maximum absolute atomic E-state index is 14.1. The van der Waals surface area contributed by atoms with E-state index in [9.17, 15) is 18.0 Å². The fourth-order valence-corrected chi connectivity index (χ4v) is 9.63. The molecule has 44 heavy (non-hydrogen) atoms. The first-order chi connectivity index (χ1) is 21.2. The van der Waals surface area contributed by atoms with Gasteiger partial charge in [-0.3, -0.25) is 14.5 Å². The number of ether oxygens (including phenoxy) is 1. The van der Waals surface area contributed by atoms with Crippen LogP contribution in [0.4, 0.5) is 0 Å². The molecule has 0 fully saturated rings. The van der Waals surface area contributed by atoms with Crippen LogP contribution in [-0.4, -0.2) is 44.0 Å². The number of sulfone groups is 1. The first-order valence-corrected chi connectivity index (χ1v) is 17.9. The largest absolute Gasteiger partial charge is 0.494 e. The molecule has 0 aromatic heterocycles. The molecule has 2 aliphatic rings. The van der Waals surface area contributed by atoms with Gasteiger partial charge in [0.05, 0.1) is 28.4 Å². The predicted molar refractivity (Wildman–Crippen MR) is 174 cm³/mol. The first-order valence-electron chi connectivity index (χ1n) is 16.2. The summed E-state index contributed by atoms with van der Waals surface area (Å²) >= 11 is 0. The van der Waals surface area contributed by atoms with E-state index in [2.05, 4.69) is 32.9 Å². The Bertz CT molecular complexity index is 1550. The SMILES string of the molecule is CCCCC1(CC)CS(=O)(=O)c2cc(OCCCCCCN3C(=O)c4ccccc4C3=O)ccc2C(c2ccccc2)C1C. The summed E-state index contributed by atoms with van der Waals surface area (Å²) in [5, 5.41) is 0. The minimum atomic E-state index is -3.54. The molecule has 0 radical (unpaired) electrons. The minimum absolute atomic E-state index is 0.0171. The molecule has 0 aliphatic carbocycles. The number of hydrogen-bond donors (Lipinski definition) is 0. The van der Waals surface area contributed by atoms with E-state index in [1.54, 1.807) is 30.3 Å². The summed E-state index contributed by atoms with van der Waals surface area (Å²) in [4.78, 5) is 26.9. The van der Waals surface area contributed by atoms with Crippen LogP contribution in [0.2, 0.25) is 0 Å². The summed E-state index contributed by atoms with van der Waals surface area (Å²) in [6.07, 6.45) is 7.05. The Labute approximate surface area is 262 Å². The van der Waals surface area contributed by atoms with Gasteiger partial charge in [0, 0.05) is 12.5 Å². The summed E-state index contributed by atoms with van der Waals surface area (Å²) in [6.45, 7) is 7.45. The molecule has 234 valence electrons. The van der Waals surface area contributed by atoms with Crippen molar-refractivity contribution in [1.29, 1.82) is 0 Å². The van der Waals surface area contributed by atoms with E-state index < -0.39 is 9.84 Å². The zero-order chi connectivity index (χ0) is 31.3. The standard InChI is InChI=1S/C37H45NO5S/c1-4-6-22-37(5-2)26-44(41,42)33-25-29(20-21-32(33)34(27(37)3)28-16-10-9-11-17-28)43-24-15-8-7-14-23-38-35(39)30-18-12-13-19-31(30)36(38)40/h9-13,16-21,25,27,34H,4-8,14-15,22-24,26H2,1-3H3. The quantitative estimate of drug-likeness (QED) is 0.144. The number of carbonyl (C=O) groups is 2. The second-order valence-electron chi connectivity index (χ2n) is 12.5. The van der Waals surface area contributed by atoms with Gasteiger partial charge in [-0.15, -0.1) is 0 Å². The number of imide groups is 1. The van der Waals surface area contributed by atoms with E-state index in [0.717, 1.165) is 62.5 Å². The number of rotatable bonds is 13. The van der Waals surface area contributed by atoms with Crippen molar-refractivity contribution in [3.8, 4) is 5.75 Å². The zero-order valence-electron chi connectivity index (χ0n) is 26.3. The molecule has 3 aromatic rings. The number of amides is 2. The number of unbranched alkanes of at least 4 members (excludes halogenated alkanes) is 4. The third-order valence-electron chi connectivity index (χ3n) is 9.91. The highest BCUT2D eigenvalue weighted by Gasteiger charge is 2.47. The number of hydrogen-bond acceptors (Lipinski definition) is 5. The van der Waals surface area contributed by atoms with Crippen LogP contribution in [0.15, 0.2) is 77.7 Å². The van der Waals surface area contributed by atoms with E-state index >= 15 is 0 Å². The Morgan fingerprint density at radius 2 is 1.50 bits per heavy atom. The van der Waals surface area contributed by atoms with Crippen molar-refractivity contribution >= 4 is 21.7 Å². The van der Waals surface area contributed by atoms with Crippen LogP contribution in [0.1, 0.15) is 110 Å². The lowest BCUT2D eigenvalue weighted by atomic mass is 9.64. The second kappa shape index (κ2) is 13.7. The molecule has 3 atom stereocenters. The maximum Gasteiger partial charge on any atom is 0.261 e. The molecule has 0 spiro atoms. The fourth-order valence-electron chi connectivity index (χ4n) is 7.26. The van der Waals surface area contributed by atoms with Crippen molar-refractivity contribution in [2.24, 2.45) is 11.3 Å². The highest BCUT2D eigenvalue weighted by Crippen LogP contribution is 2.52. The van der Waals surface area contributed by atoms with Gasteiger partial charge in [0.15, 0.2) is 9.84 Å². The van der Waals surface area contributed by atoms with Crippen LogP contribution < -0.4 is 4.74 Å². The van der Waals surface area contributed by atoms with Gasteiger partial charge in [0.25, 0.3) is 11.8 Å². The number of fused-ring (bicyclic) bond motifs is 2. The molecule has 3 unspecified atom stereocenters. The van der Waals surface area contributed by atoms with Crippen molar-refractivity contribution < 1.29 is 22.7 Å². The van der Waals surface area contributed by atoms with E-state index in [1.807, 2.05) is 30.3 Å². The summed E-state index contributed by atoms with van der Waals surface area (Å²) in [7, 11) is -3.54. The smallest absolute Gasteiger partial charge is 0.261 e. The van der Waals surface area contributed by atoms with Crippen molar-refractivity contribution in [2.75, 3.05) is 18.9 Å². The van der Waals surface area contributed by atoms with Crippen LogP contribution in [0.25, 0.3) is 0 Å². The Balaban J connectivity index is 1.24. The van der Waals surface area contributed by atoms with Gasteiger partial charge in [-0.2, -0.15) is 0 Å². The van der Waals surface area contributed by atoms with Gasteiger partial charge in [-0.25, -0.2) is 8.42 Å². The molecule has 3 aromatic carbocycles. The number of carbonyl (C=O) groups excluding carboxylic acids is 2. The molecule has 0 bridgehead atoms. The average Bonchev–Trinajstić information content (AvgIpc) is 3.24. The summed E-state index contributed by atoms with van der Waals surface area (Å²) in [6, 6.07) is 23.0. The van der Waals surface area contributed by atoms with Crippen LogP contribution in [0, 0.1) is 11.3 Å². The first kappa shape index (κ1) is 32.0. The Morgan fingerprint density at radius 1 is 0.841 bits per heavy atom. The average molecular weight is 616 g/mol. The molecule has 0 N–H and O–H groups in total. The highest BCUT2D eigenvalue weighted by molar-refractivity contribution is 7.91. The number of nitrogens with zero attached hydrogens (tertiary/aromatic N) is 1. The Kier molecular flexibility index (Phi) is 9.94. The van der Waals surface area contributed by atoms with Crippen LogP contribution in [0.3, 0.4) is 0 Å². The monoisotopic (exact) mass is 615 g/mol. The lowest BCUT2D eigenvalue weighted by molar-refractivity contribution is 0.0651. The summed E-state index contributed by atoms with van der Waals surface area (Å²) < 4.78 is 34.2. The molecule has 2 amide bonds. The highest BCUT2D eigenvalue weighted by atomic mass is 32.2. The predicted octanol–water partition coefficient (Wildman–Crippen LogP) is 8.06. The van der Waals surface area contributed by atoms with E-state index in [-0.39, 0.29) is 34.8 Å². The molecule has 0 saturated carbocycles. The van der Waals surface area contributed by atoms with E-state index in [4.69, 9.17) is 4.74 Å². The lowest BCUT2D eigenvalue weighted by Crippen LogP contribution is -2.37. The molecule has 7 heteroatoms. The van der Waals surface area contributed by atoms with Crippen LogP contribution in [0.5, 0.6) is 5.75 Å². The second-order valence-corrected chi connectivity index (χ2v) is 14.5. The summed E-state index contributed by atoms with van der Waals surface area (Å²) in [5.74, 6) is 0.455. The molecule has 2 aliphatic heterocycles. The molecule has 5 rings (SSSR count). The Hall–Kier alpha value is -3.45. The fraction of sp³-hybridized carbons (Fsp3) is 0.459. The van der Waals surface area contributed by atoms with Crippen molar-refractivity contribution in [2.45, 2.75) is 83.0 Å². The van der Waals surface area contributed by atoms with E-state index in [0.29, 0.717) is 34.9 Å².